The molecule has 1 aromatic carbocycles. The molecule has 1 spiro atoms. The largest absolute Gasteiger partial charge is 0.481 e. The number of likely N-dealkylation sites (tertiary alicyclic amines) is 1. The lowest BCUT2D eigenvalue weighted by Crippen LogP contribution is -2.71. The number of esters is 2. The summed E-state index contributed by atoms with van der Waals surface area (Å²) < 4.78 is 17.8. The van der Waals surface area contributed by atoms with Gasteiger partial charge in [0.1, 0.15) is 11.5 Å². The predicted octanol–water partition coefficient (Wildman–Crippen LogP) is 3.95. The summed E-state index contributed by atoms with van der Waals surface area (Å²) >= 11 is 0. The molecule has 2 N–H and O–H groups in total. The normalized spacial score (nSPS) is 30.8. The van der Waals surface area contributed by atoms with Crippen LogP contribution in [0.5, 0.6) is 5.75 Å². The smallest absolute Gasteiger partial charge is 0.352 e. The lowest BCUT2D eigenvalue weighted by atomic mass is 9.54. The maximum Gasteiger partial charge on any atom is 0.352 e. The van der Waals surface area contributed by atoms with E-state index in [1.165, 1.54) is 6.92 Å². The number of piperidine rings is 1. The van der Waals surface area contributed by atoms with Gasteiger partial charge in [-0.25, -0.2) is 4.79 Å². The van der Waals surface area contributed by atoms with Crippen LogP contribution >= 0.6 is 12.4 Å². The molecule has 1 aromatic rings. The Labute approximate surface area is 231 Å². The van der Waals surface area contributed by atoms with Gasteiger partial charge in [-0.3, -0.25) is 4.79 Å². The van der Waals surface area contributed by atoms with Crippen molar-refractivity contribution in [2.24, 2.45) is 5.92 Å². The number of ether oxygens (including phenoxy) is 3. The van der Waals surface area contributed by atoms with Gasteiger partial charge < -0.3 is 29.3 Å². The van der Waals surface area contributed by atoms with E-state index in [-0.39, 0.29) is 50.8 Å². The summed E-state index contributed by atoms with van der Waals surface area (Å²) in [6.45, 7) is 6.05. The van der Waals surface area contributed by atoms with Crippen LogP contribution in [0.1, 0.15) is 76.5 Å². The molecule has 0 amide bonds. The summed E-state index contributed by atoms with van der Waals surface area (Å²) in [7, 11) is 2.00. The molecule has 0 aromatic heterocycles. The van der Waals surface area contributed by atoms with Gasteiger partial charge in [0.2, 0.25) is 0 Å². The van der Waals surface area contributed by atoms with Crippen molar-refractivity contribution in [1.82, 2.24) is 4.90 Å². The predicted molar refractivity (Wildman–Crippen MR) is 145 cm³/mol. The Morgan fingerprint density at radius 1 is 1.26 bits per heavy atom. The highest BCUT2D eigenvalue weighted by Gasteiger charge is 2.69. The molecule has 4 aliphatic rings. The number of hydrogen-bond acceptors (Lipinski definition) is 8. The van der Waals surface area contributed by atoms with E-state index in [0.717, 1.165) is 43.4 Å². The van der Waals surface area contributed by atoms with Crippen LogP contribution in [0.4, 0.5) is 0 Å². The number of benzene rings is 1. The molecule has 8 nitrogen and oxygen atoms in total. The number of aryl methyl sites for hydroxylation is 1. The molecule has 2 heterocycles. The lowest BCUT2D eigenvalue weighted by Gasteiger charge is -2.58. The Bertz CT molecular complexity index is 1100. The van der Waals surface area contributed by atoms with Crippen LogP contribution < -0.4 is 4.74 Å². The first kappa shape index (κ1) is 30.4. The maximum atomic E-state index is 13.1. The number of fused-ring (bicyclic) bond motifs is 1. The monoisotopic (exact) mass is 551 g/mol. The summed E-state index contributed by atoms with van der Waals surface area (Å²) in [4.78, 5) is 27.7. The van der Waals surface area contributed by atoms with Crippen molar-refractivity contribution in [3.63, 3.8) is 0 Å². The van der Waals surface area contributed by atoms with E-state index >= 15 is 0 Å². The third kappa shape index (κ3) is 4.43. The summed E-state index contributed by atoms with van der Waals surface area (Å²) in [5.74, 6) is -0.280. The number of aliphatic hydroxyl groups is 2. The Hall–Kier alpha value is -2.13. The van der Waals surface area contributed by atoms with Crippen molar-refractivity contribution >= 4 is 24.3 Å². The number of halogens is 1. The Kier molecular flexibility index (Phi) is 8.93. The lowest BCUT2D eigenvalue weighted by molar-refractivity contribution is -0.173. The van der Waals surface area contributed by atoms with Gasteiger partial charge in [0.25, 0.3) is 0 Å². The third-order valence-corrected chi connectivity index (χ3v) is 9.14. The maximum absolute atomic E-state index is 13.1. The summed E-state index contributed by atoms with van der Waals surface area (Å²) in [6, 6.07) is 3.60. The zero-order chi connectivity index (χ0) is 25.8. The fourth-order valence-corrected chi connectivity index (χ4v) is 6.88. The van der Waals surface area contributed by atoms with E-state index in [4.69, 9.17) is 14.2 Å². The van der Waals surface area contributed by atoms with Crippen molar-refractivity contribution < 1.29 is 34.0 Å². The minimum atomic E-state index is -1.18. The SMILES string of the molecule is C.Cc1ccc(CO)c2c1[C@]13CCN(C)[C@H](C)[C@]1(O)CC=C(OC(=O)[C@H](C)OC(=O)C1CCCC1)[C@@H]3O2.Cl. The van der Waals surface area contributed by atoms with Crippen LogP contribution in [0.3, 0.4) is 0 Å². The van der Waals surface area contributed by atoms with Crippen LogP contribution in [-0.4, -0.2) is 64.5 Å². The fraction of sp³-hybridized carbons (Fsp3) is 0.655. The standard InChI is InChI=1S/C28H37NO7.CH4.ClH/c1-16-9-10-20(15-30)23-22(16)27-13-14-29(4)18(3)28(27,33)12-11-21(24(27)36-23)35-25(31)17(2)34-26(32)19-7-5-6-8-19;;/h9-11,17-19,24,30,33H,5-8,12-15H2,1-4H3;1H4;1H/t17-,18+,24-,27-,28+;;/m0../s1. The highest BCUT2D eigenvalue weighted by atomic mass is 35.5. The second kappa shape index (κ2) is 11.2. The molecule has 2 fully saturated rings. The van der Waals surface area contributed by atoms with E-state index in [1.807, 2.05) is 33.0 Å². The molecule has 2 aliphatic carbocycles. The minimum Gasteiger partial charge on any atom is -0.481 e. The van der Waals surface area contributed by atoms with E-state index in [2.05, 4.69) is 4.90 Å². The van der Waals surface area contributed by atoms with Crippen molar-refractivity contribution in [2.45, 2.75) is 103 Å². The van der Waals surface area contributed by atoms with Crippen LogP contribution in [0.25, 0.3) is 0 Å². The third-order valence-electron chi connectivity index (χ3n) is 9.14. The van der Waals surface area contributed by atoms with Crippen molar-refractivity contribution in [1.29, 1.82) is 0 Å². The number of likely N-dealkylation sites (N-methyl/N-ethyl adjacent to an activating group) is 1. The zero-order valence-corrected chi connectivity index (χ0v) is 22.8. The number of rotatable bonds is 5. The van der Waals surface area contributed by atoms with E-state index < -0.39 is 29.2 Å². The molecule has 5 atom stereocenters. The first-order chi connectivity index (χ1) is 17.1. The van der Waals surface area contributed by atoms with Gasteiger partial charge in [-0.1, -0.05) is 32.4 Å². The Morgan fingerprint density at radius 2 is 1.95 bits per heavy atom. The molecule has 212 valence electrons. The summed E-state index contributed by atoms with van der Waals surface area (Å²) in [6.07, 6.45) is 4.40. The molecular weight excluding hydrogens is 510 g/mol. The molecule has 38 heavy (non-hydrogen) atoms. The van der Waals surface area contributed by atoms with Crippen LogP contribution in [0.15, 0.2) is 24.0 Å². The molecule has 0 bridgehead atoms. The molecule has 0 unspecified atom stereocenters. The number of carbonyl (C=O) groups excluding carboxylic acids is 2. The zero-order valence-electron chi connectivity index (χ0n) is 22.0. The molecular formula is C29H42ClNO7. The first-order valence-electron chi connectivity index (χ1n) is 13.1. The average molecular weight is 552 g/mol. The minimum absolute atomic E-state index is 0. The van der Waals surface area contributed by atoms with Crippen molar-refractivity contribution in [2.75, 3.05) is 13.6 Å². The molecule has 1 saturated carbocycles. The van der Waals surface area contributed by atoms with Crippen LogP contribution in [0.2, 0.25) is 0 Å². The van der Waals surface area contributed by atoms with E-state index in [0.29, 0.717) is 23.5 Å². The first-order valence-corrected chi connectivity index (χ1v) is 13.1. The van der Waals surface area contributed by atoms with Gasteiger partial charge in [-0.05, 0) is 65.3 Å². The highest BCUT2D eigenvalue weighted by molar-refractivity contribution is 5.85. The van der Waals surface area contributed by atoms with Crippen LogP contribution in [0, 0.1) is 12.8 Å². The molecule has 2 aliphatic heterocycles. The fourth-order valence-electron chi connectivity index (χ4n) is 6.88. The Balaban J connectivity index is 0.00000200. The van der Waals surface area contributed by atoms with Gasteiger partial charge in [0.15, 0.2) is 12.2 Å². The van der Waals surface area contributed by atoms with Gasteiger partial charge in [0, 0.05) is 23.6 Å². The van der Waals surface area contributed by atoms with E-state index in [1.54, 1.807) is 6.08 Å². The number of hydrogen-bond donors (Lipinski definition) is 2. The molecule has 0 radical (unpaired) electrons. The number of carbonyl (C=O) groups is 2. The second-order valence-corrected chi connectivity index (χ2v) is 11.0. The topological polar surface area (TPSA) is 106 Å². The van der Waals surface area contributed by atoms with Gasteiger partial charge >= 0.3 is 11.9 Å². The average Bonchev–Trinajstić information content (AvgIpc) is 3.51. The van der Waals surface area contributed by atoms with Gasteiger partial charge in [-0.2, -0.15) is 0 Å². The number of nitrogens with zero attached hydrogens (tertiary/aromatic N) is 1. The van der Waals surface area contributed by atoms with E-state index in [9.17, 15) is 19.8 Å². The summed E-state index contributed by atoms with van der Waals surface area (Å²) in [5, 5.41) is 22.3. The summed E-state index contributed by atoms with van der Waals surface area (Å²) in [5.41, 5.74) is 0.455. The Morgan fingerprint density at radius 3 is 2.61 bits per heavy atom. The number of aliphatic hydroxyl groups excluding tert-OH is 1. The molecule has 1 saturated heterocycles. The molecule has 9 heteroatoms. The van der Waals surface area contributed by atoms with Gasteiger partial charge in [0.05, 0.1) is 23.5 Å². The van der Waals surface area contributed by atoms with Crippen molar-refractivity contribution in [3.8, 4) is 5.75 Å². The quantitative estimate of drug-likeness (QED) is 0.530. The highest BCUT2D eigenvalue weighted by Crippen LogP contribution is 2.61. The molecule has 5 rings (SSSR count). The van der Waals surface area contributed by atoms with Crippen molar-refractivity contribution in [3.05, 3.63) is 40.7 Å². The second-order valence-electron chi connectivity index (χ2n) is 11.0. The van der Waals surface area contributed by atoms with Gasteiger partial charge in [-0.15, -0.1) is 12.4 Å². The van der Waals surface area contributed by atoms with Crippen LogP contribution in [-0.2, 0) is 31.1 Å².